The highest BCUT2D eigenvalue weighted by Gasteiger charge is 2.48. The number of rotatable bonds is 3. The number of nitrogens with zero attached hydrogens (tertiary/aromatic N) is 4. The molecule has 2 aromatic rings. The van der Waals surface area contributed by atoms with Gasteiger partial charge in [0.1, 0.15) is 0 Å². The van der Waals surface area contributed by atoms with Crippen LogP contribution in [-0.2, 0) is 4.79 Å². The summed E-state index contributed by atoms with van der Waals surface area (Å²) in [4.78, 5) is 27.1. The average Bonchev–Trinajstić information content (AvgIpc) is 3.41. The lowest BCUT2D eigenvalue weighted by Crippen LogP contribution is -2.51. The predicted molar refractivity (Wildman–Crippen MR) is 97.9 cm³/mol. The fourth-order valence-electron chi connectivity index (χ4n) is 4.09. The van der Waals surface area contributed by atoms with Gasteiger partial charge in [-0.25, -0.2) is 15.0 Å². The lowest BCUT2D eigenvalue weighted by Gasteiger charge is -2.45. The van der Waals surface area contributed by atoms with E-state index in [9.17, 15) is 9.90 Å². The Morgan fingerprint density at radius 3 is 2.77 bits per heavy atom. The van der Waals surface area contributed by atoms with Crippen LogP contribution < -0.4 is 10.2 Å². The van der Waals surface area contributed by atoms with E-state index in [1.807, 2.05) is 17.9 Å². The highest BCUT2D eigenvalue weighted by Crippen LogP contribution is 2.50. The van der Waals surface area contributed by atoms with E-state index in [1.165, 1.54) is 0 Å². The number of hydrogen-bond donors (Lipinski definition) is 2. The second-order valence-electron chi connectivity index (χ2n) is 7.32. The molecule has 0 bridgehead atoms. The third-order valence-electron chi connectivity index (χ3n) is 5.38. The Bertz CT molecular complexity index is 852. The van der Waals surface area contributed by atoms with E-state index in [2.05, 4.69) is 27.2 Å². The smallest absolute Gasteiger partial charge is 0.224 e. The van der Waals surface area contributed by atoms with Gasteiger partial charge >= 0.3 is 0 Å². The summed E-state index contributed by atoms with van der Waals surface area (Å²) in [5.74, 6) is 1.12. The highest BCUT2D eigenvalue weighted by atomic mass is 16.3. The number of fused-ring (bicyclic) bond motifs is 1. The molecule has 4 rings (SSSR count). The van der Waals surface area contributed by atoms with Crippen LogP contribution in [0.2, 0.25) is 0 Å². The van der Waals surface area contributed by atoms with Gasteiger partial charge in [0.25, 0.3) is 0 Å². The molecule has 2 aliphatic rings. The molecule has 0 unspecified atom stereocenters. The minimum atomic E-state index is -0.0823. The molecule has 2 aromatic heterocycles. The van der Waals surface area contributed by atoms with Crippen molar-refractivity contribution in [2.24, 2.45) is 11.8 Å². The minimum absolute atomic E-state index is 0.00847. The zero-order valence-electron chi connectivity index (χ0n) is 15.2. The number of hydrogen-bond acceptors (Lipinski definition) is 6. The average molecular weight is 353 g/mol. The van der Waals surface area contributed by atoms with Crippen molar-refractivity contribution < 1.29 is 9.90 Å². The van der Waals surface area contributed by atoms with Crippen LogP contribution in [0.1, 0.15) is 44.0 Å². The van der Waals surface area contributed by atoms with Crippen LogP contribution in [0, 0.1) is 18.8 Å². The summed E-state index contributed by atoms with van der Waals surface area (Å²) in [5.41, 5.74) is 2.50. The first-order valence-corrected chi connectivity index (χ1v) is 9.00. The molecule has 0 spiro atoms. The van der Waals surface area contributed by atoms with Gasteiger partial charge in [0.05, 0.1) is 11.7 Å². The summed E-state index contributed by atoms with van der Waals surface area (Å²) in [6, 6.07) is 3.45. The first-order valence-electron chi connectivity index (χ1n) is 9.00. The predicted octanol–water partition coefficient (Wildman–Crippen LogP) is 2.82. The van der Waals surface area contributed by atoms with Crippen molar-refractivity contribution in [3.8, 4) is 5.88 Å². The van der Waals surface area contributed by atoms with Crippen molar-refractivity contribution in [2.45, 2.75) is 45.7 Å². The number of carbonyl (C=O) groups excluding carboxylic acids is 1. The van der Waals surface area contributed by atoms with Gasteiger partial charge in [-0.2, -0.15) is 0 Å². The van der Waals surface area contributed by atoms with Crippen molar-refractivity contribution in [3.63, 3.8) is 0 Å². The van der Waals surface area contributed by atoms with Crippen LogP contribution in [0.3, 0.4) is 0 Å². The first-order chi connectivity index (χ1) is 12.5. The van der Waals surface area contributed by atoms with Gasteiger partial charge in [-0.05, 0) is 31.7 Å². The molecule has 7 heteroatoms. The number of carbonyl (C=O) groups is 1. The molecule has 1 saturated carbocycles. The maximum Gasteiger partial charge on any atom is 0.224 e. The van der Waals surface area contributed by atoms with Crippen LogP contribution in [0.5, 0.6) is 5.88 Å². The molecule has 3 heterocycles. The zero-order chi connectivity index (χ0) is 18.4. The minimum Gasteiger partial charge on any atom is -0.493 e. The standard InChI is InChI=1S/C19H23N5O2/c1-10-6-7-20-19(22-10)23-17-11(2)18(13-4-5-13)24(12(3)25)15-8-16(26)21-9-14(15)17/h6-9,11,13,17-18H,4-5H2,1-3H3,(H,21,26)(H,20,22,23)/t11-,17-,18-/m1/s1. The molecule has 1 amide bonds. The second kappa shape index (κ2) is 6.23. The number of aromatic hydroxyl groups is 1. The van der Waals surface area contributed by atoms with Gasteiger partial charge in [0.15, 0.2) is 0 Å². The third kappa shape index (κ3) is 2.87. The van der Waals surface area contributed by atoms with E-state index in [0.717, 1.165) is 29.8 Å². The summed E-state index contributed by atoms with van der Waals surface area (Å²) >= 11 is 0. The summed E-state index contributed by atoms with van der Waals surface area (Å²) < 4.78 is 0. The monoisotopic (exact) mass is 353 g/mol. The van der Waals surface area contributed by atoms with Crippen molar-refractivity contribution in [2.75, 3.05) is 10.2 Å². The Morgan fingerprint density at radius 2 is 2.12 bits per heavy atom. The number of pyridine rings is 1. The molecule has 1 fully saturated rings. The highest BCUT2D eigenvalue weighted by molar-refractivity contribution is 5.94. The number of aromatic nitrogens is 3. The molecule has 1 aliphatic carbocycles. The van der Waals surface area contributed by atoms with E-state index in [4.69, 9.17) is 0 Å². The van der Waals surface area contributed by atoms with Gasteiger partial charge in [-0.3, -0.25) is 4.79 Å². The lowest BCUT2D eigenvalue weighted by molar-refractivity contribution is -0.117. The molecule has 0 saturated heterocycles. The normalized spacial score (nSPS) is 24.9. The van der Waals surface area contributed by atoms with Crippen LogP contribution in [0.4, 0.5) is 11.6 Å². The second-order valence-corrected chi connectivity index (χ2v) is 7.32. The zero-order valence-corrected chi connectivity index (χ0v) is 15.2. The largest absolute Gasteiger partial charge is 0.493 e. The van der Waals surface area contributed by atoms with E-state index in [-0.39, 0.29) is 29.8 Å². The van der Waals surface area contributed by atoms with Crippen molar-refractivity contribution in [1.82, 2.24) is 15.0 Å². The SMILES string of the molecule is CC(=O)N1c2cc(O)ncc2[C@H](Nc2nccc(C)n2)[C@@H](C)[C@@H]1C1CC1. The van der Waals surface area contributed by atoms with E-state index < -0.39 is 0 Å². The van der Waals surface area contributed by atoms with Crippen LogP contribution in [0.15, 0.2) is 24.5 Å². The molecule has 0 radical (unpaired) electrons. The number of nitrogens with one attached hydrogen (secondary N) is 1. The van der Waals surface area contributed by atoms with Gasteiger partial charge in [0, 0.05) is 48.6 Å². The molecule has 26 heavy (non-hydrogen) atoms. The maximum absolute atomic E-state index is 12.4. The first kappa shape index (κ1) is 16.8. The Labute approximate surface area is 152 Å². The summed E-state index contributed by atoms with van der Waals surface area (Å²) in [6.07, 6.45) is 5.62. The maximum atomic E-state index is 12.4. The van der Waals surface area contributed by atoms with E-state index >= 15 is 0 Å². The Kier molecular flexibility index (Phi) is 4.01. The quantitative estimate of drug-likeness (QED) is 0.882. The van der Waals surface area contributed by atoms with Gasteiger partial charge < -0.3 is 15.3 Å². The van der Waals surface area contributed by atoms with E-state index in [1.54, 1.807) is 25.4 Å². The number of anilines is 2. The Balaban J connectivity index is 1.80. The number of amides is 1. The molecule has 1 aliphatic heterocycles. The van der Waals surface area contributed by atoms with Gasteiger partial charge in [-0.1, -0.05) is 6.92 Å². The van der Waals surface area contributed by atoms with Crippen molar-refractivity contribution in [1.29, 1.82) is 0 Å². The van der Waals surface area contributed by atoms with Gasteiger partial charge in [-0.15, -0.1) is 0 Å². The van der Waals surface area contributed by atoms with Crippen molar-refractivity contribution in [3.05, 3.63) is 35.8 Å². The fourth-order valence-corrected chi connectivity index (χ4v) is 4.09. The molecule has 2 N–H and O–H groups in total. The van der Waals surface area contributed by atoms with Crippen molar-refractivity contribution >= 4 is 17.5 Å². The molecule has 0 aromatic carbocycles. The third-order valence-corrected chi connectivity index (χ3v) is 5.38. The van der Waals surface area contributed by atoms with Gasteiger partial charge in [0.2, 0.25) is 17.7 Å². The topological polar surface area (TPSA) is 91.2 Å². The summed E-state index contributed by atoms with van der Waals surface area (Å²) in [7, 11) is 0. The lowest BCUT2D eigenvalue weighted by atomic mass is 9.80. The van der Waals surface area contributed by atoms with Crippen LogP contribution in [-0.4, -0.2) is 32.0 Å². The summed E-state index contributed by atoms with van der Waals surface area (Å²) in [5, 5.41) is 13.3. The summed E-state index contributed by atoms with van der Waals surface area (Å²) in [6.45, 7) is 5.66. The van der Waals surface area contributed by atoms with E-state index in [0.29, 0.717) is 11.9 Å². The Hall–Kier alpha value is -2.70. The molecule has 136 valence electrons. The van der Waals surface area contributed by atoms with Crippen LogP contribution >= 0.6 is 0 Å². The van der Waals surface area contributed by atoms with Crippen LogP contribution in [0.25, 0.3) is 0 Å². The molecular weight excluding hydrogens is 330 g/mol. The molecular formula is C19H23N5O2. The number of aryl methyl sites for hydroxylation is 1. The fraction of sp³-hybridized carbons (Fsp3) is 0.474. The Morgan fingerprint density at radius 1 is 1.35 bits per heavy atom. The molecule has 3 atom stereocenters. The molecule has 7 nitrogen and oxygen atoms in total.